The van der Waals surface area contributed by atoms with Crippen molar-refractivity contribution in [2.45, 2.75) is 45.6 Å². The van der Waals surface area contributed by atoms with E-state index in [1.807, 2.05) is 18.5 Å². The van der Waals surface area contributed by atoms with Crippen molar-refractivity contribution < 1.29 is 0 Å². The minimum atomic E-state index is 0.739. The van der Waals surface area contributed by atoms with E-state index in [-0.39, 0.29) is 0 Å². The highest BCUT2D eigenvalue weighted by Gasteiger charge is 2.19. The van der Waals surface area contributed by atoms with Gasteiger partial charge in [0.25, 0.3) is 0 Å². The summed E-state index contributed by atoms with van der Waals surface area (Å²) in [6.07, 6.45) is 8.84. The predicted octanol–water partition coefficient (Wildman–Crippen LogP) is 1.42. The Morgan fingerprint density at radius 1 is 1.07 bits per heavy atom. The summed E-state index contributed by atoms with van der Waals surface area (Å²) in [6, 6.07) is 2.60. The van der Waals surface area contributed by atoms with Crippen LogP contribution in [-0.4, -0.2) is 97.2 Å². The molecule has 1 aromatic rings. The summed E-state index contributed by atoms with van der Waals surface area (Å²) in [7, 11) is 0. The lowest BCUT2D eigenvalue weighted by Crippen LogP contribution is -2.49. The summed E-state index contributed by atoms with van der Waals surface area (Å²) in [4.78, 5) is 20.9. The highest BCUT2D eigenvalue weighted by atomic mass is 15.3. The second-order valence-corrected chi connectivity index (χ2v) is 8.30. The molecule has 2 aliphatic rings. The maximum atomic E-state index is 4.78. The third kappa shape index (κ3) is 7.40. The van der Waals surface area contributed by atoms with Crippen molar-refractivity contribution in [2.24, 2.45) is 4.99 Å². The Balaban J connectivity index is 1.32. The number of anilines is 1. The number of guanidine groups is 1. The molecule has 3 rings (SSSR count). The number of aliphatic imine (C=N–C) groups is 1. The molecule has 0 aromatic carbocycles. The number of piperidine rings is 1. The average molecular weight is 417 g/mol. The topological polar surface area (TPSA) is 71.9 Å². The van der Waals surface area contributed by atoms with Gasteiger partial charge in [0.05, 0.1) is 0 Å². The maximum Gasteiger partial charge on any atom is 0.225 e. The van der Waals surface area contributed by atoms with Gasteiger partial charge < -0.3 is 20.4 Å². The molecule has 0 aliphatic carbocycles. The largest absolute Gasteiger partial charge is 0.357 e. The van der Waals surface area contributed by atoms with E-state index in [4.69, 9.17) is 4.99 Å². The van der Waals surface area contributed by atoms with Crippen molar-refractivity contribution in [1.29, 1.82) is 0 Å². The van der Waals surface area contributed by atoms with E-state index in [1.165, 1.54) is 32.4 Å². The molecule has 8 heteroatoms. The molecule has 0 spiro atoms. The van der Waals surface area contributed by atoms with Crippen LogP contribution < -0.4 is 15.5 Å². The number of aromatic nitrogens is 2. The van der Waals surface area contributed by atoms with E-state index in [0.717, 1.165) is 76.7 Å². The van der Waals surface area contributed by atoms with Gasteiger partial charge in [-0.2, -0.15) is 0 Å². The SMILES string of the molecule is CCNC(=NCCCN1CCCCC1C)NCCN1CCN(c2ncccn2)CC1. The Kier molecular flexibility index (Phi) is 9.63. The van der Waals surface area contributed by atoms with E-state index in [9.17, 15) is 0 Å². The van der Waals surface area contributed by atoms with Crippen LogP contribution in [0.15, 0.2) is 23.5 Å². The first-order chi connectivity index (χ1) is 14.8. The molecule has 1 unspecified atom stereocenters. The average Bonchev–Trinajstić information content (AvgIpc) is 2.79. The van der Waals surface area contributed by atoms with Crippen LogP contribution >= 0.6 is 0 Å². The molecule has 0 amide bonds. The van der Waals surface area contributed by atoms with E-state index >= 15 is 0 Å². The quantitative estimate of drug-likeness (QED) is 0.358. The molecule has 2 N–H and O–H groups in total. The zero-order valence-electron chi connectivity index (χ0n) is 18.9. The lowest BCUT2D eigenvalue weighted by atomic mass is 10.0. The van der Waals surface area contributed by atoms with Crippen LogP contribution in [0.2, 0.25) is 0 Å². The highest BCUT2D eigenvalue weighted by Crippen LogP contribution is 2.16. The molecule has 2 aliphatic heterocycles. The number of hydrogen-bond acceptors (Lipinski definition) is 6. The first-order valence-electron chi connectivity index (χ1n) is 11.8. The zero-order chi connectivity index (χ0) is 21.0. The second kappa shape index (κ2) is 12.7. The number of likely N-dealkylation sites (tertiary alicyclic amines) is 1. The van der Waals surface area contributed by atoms with Gasteiger partial charge in [-0.1, -0.05) is 6.42 Å². The van der Waals surface area contributed by atoms with E-state index in [2.05, 4.69) is 49.1 Å². The van der Waals surface area contributed by atoms with Crippen molar-refractivity contribution in [3.8, 4) is 0 Å². The van der Waals surface area contributed by atoms with Crippen molar-refractivity contribution in [3.05, 3.63) is 18.5 Å². The van der Waals surface area contributed by atoms with Gasteiger partial charge in [-0.3, -0.25) is 9.89 Å². The number of nitrogens with zero attached hydrogens (tertiary/aromatic N) is 6. The lowest BCUT2D eigenvalue weighted by molar-refractivity contribution is 0.160. The van der Waals surface area contributed by atoms with Crippen LogP contribution in [0, 0.1) is 0 Å². The summed E-state index contributed by atoms with van der Waals surface area (Å²) in [5, 5.41) is 6.88. The Morgan fingerprint density at radius 2 is 1.87 bits per heavy atom. The van der Waals surface area contributed by atoms with E-state index < -0.39 is 0 Å². The molecule has 1 aromatic heterocycles. The number of hydrogen-bond donors (Lipinski definition) is 2. The van der Waals surface area contributed by atoms with Crippen molar-refractivity contribution in [3.63, 3.8) is 0 Å². The van der Waals surface area contributed by atoms with Gasteiger partial charge in [-0.25, -0.2) is 9.97 Å². The number of nitrogens with one attached hydrogen (secondary N) is 2. The number of rotatable bonds is 9. The zero-order valence-corrected chi connectivity index (χ0v) is 18.9. The van der Waals surface area contributed by atoms with Crippen LogP contribution in [0.5, 0.6) is 0 Å². The van der Waals surface area contributed by atoms with Crippen molar-refractivity contribution in [2.75, 3.05) is 70.3 Å². The molecule has 0 saturated carbocycles. The fraction of sp³-hybridized carbons (Fsp3) is 0.773. The number of piperazine rings is 1. The molecule has 168 valence electrons. The Labute approximate surface area is 182 Å². The molecule has 30 heavy (non-hydrogen) atoms. The summed E-state index contributed by atoms with van der Waals surface area (Å²) in [5.41, 5.74) is 0. The van der Waals surface area contributed by atoms with Gasteiger partial charge >= 0.3 is 0 Å². The van der Waals surface area contributed by atoms with Crippen molar-refractivity contribution in [1.82, 2.24) is 30.4 Å². The lowest BCUT2D eigenvalue weighted by Gasteiger charge is -2.34. The summed E-state index contributed by atoms with van der Waals surface area (Å²) >= 11 is 0. The van der Waals surface area contributed by atoms with Gasteiger partial charge in [0.15, 0.2) is 5.96 Å². The molecule has 3 heterocycles. The van der Waals surface area contributed by atoms with Crippen LogP contribution in [-0.2, 0) is 0 Å². The van der Waals surface area contributed by atoms with Gasteiger partial charge in [-0.05, 0) is 45.7 Å². The molecule has 1 atom stereocenters. The third-order valence-electron chi connectivity index (χ3n) is 6.09. The summed E-state index contributed by atoms with van der Waals surface area (Å²) in [5.74, 6) is 1.79. The fourth-order valence-corrected chi connectivity index (χ4v) is 4.25. The normalized spacial score (nSPS) is 21.6. The van der Waals surface area contributed by atoms with Crippen LogP contribution in [0.4, 0.5) is 5.95 Å². The first-order valence-corrected chi connectivity index (χ1v) is 11.8. The highest BCUT2D eigenvalue weighted by molar-refractivity contribution is 5.79. The molecular weight excluding hydrogens is 376 g/mol. The minimum absolute atomic E-state index is 0.739. The standard InChI is InChI=1S/C22H40N8/c1-3-23-21(24-11-7-14-29-13-5-4-8-20(29)2)25-12-15-28-16-18-30(19-17-28)22-26-9-6-10-27-22/h6,9-10,20H,3-5,7-8,11-19H2,1-2H3,(H2,23,24,25). The van der Waals surface area contributed by atoms with Gasteiger partial charge in [-0.15, -0.1) is 0 Å². The fourth-order valence-electron chi connectivity index (χ4n) is 4.25. The Morgan fingerprint density at radius 3 is 2.60 bits per heavy atom. The van der Waals surface area contributed by atoms with E-state index in [1.54, 1.807) is 0 Å². The smallest absolute Gasteiger partial charge is 0.225 e. The van der Waals surface area contributed by atoms with Crippen molar-refractivity contribution >= 4 is 11.9 Å². The summed E-state index contributed by atoms with van der Waals surface area (Å²) in [6.45, 7) is 14.7. The van der Waals surface area contributed by atoms with Gasteiger partial charge in [0.1, 0.15) is 0 Å². The Bertz CT molecular complexity index is 615. The molecule has 8 nitrogen and oxygen atoms in total. The minimum Gasteiger partial charge on any atom is -0.357 e. The second-order valence-electron chi connectivity index (χ2n) is 8.30. The van der Waals surface area contributed by atoms with Crippen LogP contribution in [0.3, 0.4) is 0 Å². The summed E-state index contributed by atoms with van der Waals surface area (Å²) < 4.78 is 0. The molecular formula is C22H40N8. The maximum absolute atomic E-state index is 4.78. The van der Waals surface area contributed by atoms with E-state index in [0.29, 0.717) is 0 Å². The van der Waals surface area contributed by atoms with Crippen LogP contribution in [0.25, 0.3) is 0 Å². The van der Waals surface area contributed by atoms with Gasteiger partial charge in [0, 0.05) is 77.3 Å². The predicted molar refractivity (Wildman–Crippen MR) is 124 cm³/mol. The first kappa shape index (κ1) is 22.7. The molecule has 0 radical (unpaired) electrons. The molecule has 0 bridgehead atoms. The third-order valence-corrected chi connectivity index (χ3v) is 6.09. The molecule has 2 saturated heterocycles. The monoisotopic (exact) mass is 416 g/mol. The van der Waals surface area contributed by atoms with Gasteiger partial charge in [0.2, 0.25) is 5.95 Å². The Hall–Kier alpha value is -1.93. The molecule has 2 fully saturated rings. The van der Waals surface area contributed by atoms with Crippen LogP contribution in [0.1, 0.15) is 39.5 Å².